The largest absolute Gasteiger partial charge is 0.369 e. The van der Waals surface area contributed by atoms with Crippen LogP contribution in [-0.4, -0.2) is 18.5 Å². The normalized spacial score (nSPS) is 34.4. The van der Waals surface area contributed by atoms with E-state index in [0.717, 1.165) is 18.4 Å². The monoisotopic (exact) mass is 198 g/mol. The van der Waals surface area contributed by atoms with Crippen LogP contribution in [0.5, 0.6) is 0 Å². The van der Waals surface area contributed by atoms with Crippen LogP contribution in [0.2, 0.25) is 0 Å². The molecule has 0 aromatic carbocycles. The Morgan fingerprint density at radius 3 is 2.57 bits per heavy atom. The lowest BCUT2D eigenvalue weighted by molar-refractivity contribution is -0.121. The molecular weight excluding hydrogens is 176 g/mol. The van der Waals surface area contributed by atoms with E-state index in [-0.39, 0.29) is 11.8 Å². The van der Waals surface area contributed by atoms with Crippen LogP contribution in [-0.2, 0) is 4.79 Å². The Morgan fingerprint density at radius 1 is 1.50 bits per heavy atom. The van der Waals surface area contributed by atoms with Gasteiger partial charge in [-0.3, -0.25) is 4.79 Å². The van der Waals surface area contributed by atoms with Crippen LogP contribution in [0.15, 0.2) is 0 Å². The SMILES string of the molecule is CC(CNC1CCC(C)C1C)C(N)=O. The van der Waals surface area contributed by atoms with Crippen LogP contribution >= 0.6 is 0 Å². The van der Waals surface area contributed by atoms with Crippen LogP contribution in [0.1, 0.15) is 33.6 Å². The smallest absolute Gasteiger partial charge is 0.221 e. The second-order valence-corrected chi connectivity index (χ2v) is 4.73. The quantitative estimate of drug-likeness (QED) is 0.711. The first-order chi connectivity index (χ1) is 6.52. The van der Waals surface area contributed by atoms with Crippen molar-refractivity contribution in [3.63, 3.8) is 0 Å². The minimum Gasteiger partial charge on any atom is -0.369 e. The summed E-state index contributed by atoms with van der Waals surface area (Å²) in [6, 6.07) is 0.576. The molecule has 1 amide bonds. The molecule has 0 aromatic rings. The summed E-state index contributed by atoms with van der Waals surface area (Å²) in [6.07, 6.45) is 2.53. The molecule has 0 heterocycles. The first-order valence-corrected chi connectivity index (χ1v) is 5.55. The van der Waals surface area contributed by atoms with Crippen molar-refractivity contribution in [1.82, 2.24) is 5.32 Å². The van der Waals surface area contributed by atoms with Gasteiger partial charge in [0.15, 0.2) is 0 Å². The van der Waals surface area contributed by atoms with Gasteiger partial charge in [-0.25, -0.2) is 0 Å². The van der Waals surface area contributed by atoms with Crippen molar-refractivity contribution in [3.8, 4) is 0 Å². The van der Waals surface area contributed by atoms with Gasteiger partial charge in [0.1, 0.15) is 0 Å². The third-order valence-corrected chi connectivity index (χ3v) is 3.64. The highest BCUT2D eigenvalue weighted by molar-refractivity contribution is 5.76. The Bertz CT molecular complexity index is 205. The lowest BCUT2D eigenvalue weighted by Crippen LogP contribution is -2.38. The summed E-state index contributed by atoms with van der Waals surface area (Å²) >= 11 is 0. The summed E-state index contributed by atoms with van der Waals surface area (Å²) in [4.78, 5) is 10.8. The Hall–Kier alpha value is -0.570. The number of hydrogen-bond donors (Lipinski definition) is 2. The zero-order valence-corrected chi connectivity index (χ0v) is 9.42. The van der Waals surface area contributed by atoms with Crippen LogP contribution in [0.4, 0.5) is 0 Å². The average molecular weight is 198 g/mol. The van der Waals surface area contributed by atoms with Crippen molar-refractivity contribution < 1.29 is 4.79 Å². The maximum atomic E-state index is 10.8. The minimum absolute atomic E-state index is 0.0573. The summed E-state index contributed by atoms with van der Waals surface area (Å²) in [5.74, 6) is 1.25. The summed E-state index contributed by atoms with van der Waals surface area (Å²) in [6.45, 7) is 7.17. The van der Waals surface area contributed by atoms with E-state index in [4.69, 9.17) is 5.73 Å². The van der Waals surface area contributed by atoms with Crippen molar-refractivity contribution in [2.45, 2.75) is 39.7 Å². The fourth-order valence-corrected chi connectivity index (χ4v) is 2.08. The molecule has 82 valence electrons. The first-order valence-electron chi connectivity index (χ1n) is 5.55. The van der Waals surface area contributed by atoms with Crippen LogP contribution in [0.25, 0.3) is 0 Å². The zero-order chi connectivity index (χ0) is 10.7. The van der Waals surface area contributed by atoms with Gasteiger partial charge in [-0.15, -0.1) is 0 Å². The number of amides is 1. The van der Waals surface area contributed by atoms with E-state index in [2.05, 4.69) is 19.2 Å². The van der Waals surface area contributed by atoms with Crippen molar-refractivity contribution in [3.05, 3.63) is 0 Å². The highest BCUT2D eigenvalue weighted by Gasteiger charge is 2.29. The van der Waals surface area contributed by atoms with Crippen molar-refractivity contribution in [2.24, 2.45) is 23.5 Å². The molecule has 0 saturated heterocycles. The Kier molecular flexibility index (Phi) is 3.93. The Balaban J connectivity index is 2.28. The van der Waals surface area contributed by atoms with Crippen LogP contribution in [0, 0.1) is 17.8 Å². The molecule has 4 atom stereocenters. The highest BCUT2D eigenvalue weighted by Crippen LogP contribution is 2.30. The first kappa shape index (κ1) is 11.5. The summed E-state index contributed by atoms with van der Waals surface area (Å²) in [5, 5.41) is 3.44. The number of primary amides is 1. The second kappa shape index (κ2) is 4.78. The van der Waals surface area contributed by atoms with Gasteiger partial charge in [0.2, 0.25) is 5.91 Å². The number of nitrogens with one attached hydrogen (secondary N) is 1. The van der Waals surface area contributed by atoms with E-state index in [0.29, 0.717) is 6.04 Å². The minimum atomic E-state index is -0.212. The lowest BCUT2D eigenvalue weighted by Gasteiger charge is -2.21. The van der Waals surface area contributed by atoms with Gasteiger partial charge in [0.05, 0.1) is 0 Å². The van der Waals surface area contributed by atoms with Gasteiger partial charge >= 0.3 is 0 Å². The van der Waals surface area contributed by atoms with Gasteiger partial charge in [-0.05, 0) is 24.7 Å². The molecule has 3 heteroatoms. The Labute approximate surface area is 86.4 Å². The standard InChI is InChI=1S/C11H22N2O/c1-7-4-5-10(9(7)3)13-6-8(2)11(12)14/h7-10,13H,4-6H2,1-3H3,(H2,12,14). The molecule has 1 fully saturated rings. The molecule has 0 aromatic heterocycles. The van der Waals surface area contributed by atoms with E-state index in [9.17, 15) is 4.79 Å². The van der Waals surface area contributed by atoms with Crippen molar-refractivity contribution in [2.75, 3.05) is 6.54 Å². The predicted molar refractivity (Wildman–Crippen MR) is 57.7 cm³/mol. The molecule has 1 saturated carbocycles. The van der Waals surface area contributed by atoms with E-state index in [1.165, 1.54) is 12.8 Å². The van der Waals surface area contributed by atoms with E-state index in [1.54, 1.807) is 0 Å². The van der Waals surface area contributed by atoms with Crippen LogP contribution < -0.4 is 11.1 Å². The molecule has 0 bridgehead atoms. The van der Waals surface area contributed by atoms with E-state index < -0.39 is 0 Å². The number of nitrogens with two attached hydrogens (primary N) is 1. The van der Waals surface area contributed by atoms with Gasteiger partial charge in [0, 0.05) is 18.5 Å². The molecule has 14 heavy (non-hydrogen) atoms. The zero-order valence-electron chi connectivity index (χ0n) is 9.42. The van der Waals surface area contributed by atoms with Gasteiger partial charge in [-0.1, -0.05) is 20.8 Å². The van der Waals surface area contributed by atoms with E-state index in [1.807, 2.05) is 6.92 Å². The van der Waals surface area contributed by atoms with Crippen LogP contribution in [0.3, 0.4) is 0 Å². The van der Waals surface area contributed by atoms with Gasteiger partial charge in [-0.2, -0.15) is 0 Å². The highest BCUT2D eigenvalue weighted by atomic mass is 16.1. The molecule has 0 spiro atoms. The number of carbonyl (C=O) groups excluding carboxylic acids is 1. The lowest BCUT2D eigenvalue weighted by atomic mass is 9.97. The summed E-state index contributed by atoms with van der Waals surface area (Å²) in [5.41, 5.74) is 5.20. The molecule has 4 unspecified atom stereocenters. The van der Waals surface area contributed by atoms with Gasteiger partial charge < -0.3 is 11.1 Å². The van der Waals surface area contributed by atoms with E-state index >= 15 is 0 Å². The Morgan fingerprint density at radius 2 is 2.14 bits per heavy atom. The maximum absolute atomic E-state index is 10.8. The van der Waals surface area contributed by atoms with Crippen molar-refractivity contribution >= 4 is 5.91 Å². The maximum Gasteiger partial charge on any atom is 0.221 e. The fourth-order valence-electron chi connectivity index (χ4n) is 2.08. The molecule has 1 rings (SSSR count). The molecule has 3 N–H and O–H groups in total. The summed E-state index contributed by atoms with van der Waals surface area (Å²) in [7, 11) is 0. The molecule has 0 aliphatic heterocycles. The molecule has 3 nitrogen and oxygen atoms in total. The number of rotatable bonds is 4. The van der Waals surface area contributed by atoms with Gasteiger partial charge in [0.25, 0.3) is 0 Å². The topological polar surface area (TPSA) is 55.1 Å². The third kappa shape index (κ3) is 2.71. The third-order valence-electron chi connectivity index (χ3n) is 3.64. The molecule has 1 aliphatic carbocycles. The summed E-state index contributed by atoms with van der Waals surface area (Å²) < 4.78 is 0. The second-order valence-electron chi connectivity index (χ2n) is 4.73. The molecular formula is C11H22N2O. The van der Waals surface area contributed by atoms with Crippen molar-refractivity contribution in [1.29, 1.82) is 0 Å². The fraction of sp³-hybridized carbons (Fsp3) is 0.909. The molecule has 0 radical (unpaired) electrons. The predicted octanol–water partition coefficient (Wildman–Crippen LogP) is 1.13. The average Bonchev–Trinajstić information content (AvgIpc) is 2.44. The molecule has 1 aliphatic rings. The number of carbonyl (C=O) groups is 1. The number of hydrogen-bond acceptors (Lipinski definition) is 2.